The lowest BCUT2D eigenvalue weighted by molar-refractivity contribution is 0.100. The summed E-state index contributed by atoms with van der Waals surface area (Å²) in [6, 6.07) is 6.72. The van der Waals surface area contributed by atoms with E-state index in [4.69, 9.17) is 11.8 Å². The quantitative estimate of drug-likeness (QED) is 0.782. The molecule has 0 radical (unpaired) electrons. The molecule has 0 saturated carbocycles. The Morgan fingerprint density at radius 2 is 2.40 bits per heavy atom. The van der Waals surface area contributed by atoms with Crippen molar-refractivity contribution in [3.63, 3.8) is 0 Å². The summed E-state index contributed by atoms with van der Waals surface area (Å²) in [7, 11) is 0. The Labute approximate surface area is 88.5 Å². The van der Waals surface area contributed by atoms with Gasteiger partial charge in [0.2, 0.25) is 5.90 Å². The van der Waals surface area contributed by atoms with E-state index in [1.807, 2.05) is 0 Å². The zero-order valence-electron chi connectivity index (χ0n) is 9.18. The molecule has 2 rings (SSSR count). The first-order chi connectivity index (χ1) is 7.59. The van der Waals surface area contributed by atoms with E-state index in [9.17, 15) is 4.79 Å². The third-order valence-corrected chi connectivity index (χ3v) is 1.99. The van der Waals surface area contributed by atoms with Gasteiger partial charge in [-0.1, -0.05) is 12.1 Å². The van der Waals surface area contributed by atoms with Crippen molar-refractivity contribution in [1.82, 2.24) is 0 Å². The van der Waals surface area contributed by atoms with E-state index in [-0.39, 0.29) is 0 Å². The van der Waals surface area contributed by atoms with E-state index in [2.05, 4.69) is 5.10 Å². The first-order valence-corrected chi connectivity index (χ1v) is 4.42. The lowest BCUT2D eigenvalue weighted by atomic mass is 10.1. The summed E-state index contributed by atoms with van der Waals surface area (Å²) < 4.78 is 12.7. The fourth-order valence-electron chi connectivity index (χ4n) is 1.32. The Bertz CT molecular complexity index is 461. The highest BCUT2D eigenvalue weighted by atomic mass is 16.5. The smallest absolute Gasteiger partial charge is 0.250 e. The maximum Gasteiger partial charge on any atom is 0.250 e. The summed E-state index contributed by atoms with van der Waals surface area (Å²) in [6.07, 6.45) is 0. The second-order valence-electron chi connectivity index (χ2n) is 3.07. The van der Waals surface area contributed by atoms with Crippen molar-refractivity contribution < 1.29 is 10.9 Å². The number of para-hydroxylation sites is 1. The van der Waals surface area contributed by atoms with Gasteiger partial charge in [0.05, 0.1) is 12.6 Å². The SMILES string of the molecule is [2H]C1OC(C)=NN1c1ccccc1C(N)=O. The first-order valence-electron chi connectivity index (χ1n) is 4.99. The van der Waals surface area contributed by atoms with Gasteiger partial charge in [-0.05, 0) is 12.1 Å². The van der Waals surface area contributed by atoms with Crippen molar-refractivity contribution in [1.29, 1.82) is 0 Å². The Morgan fingerprint density at radius 1 is 1.67 bits per heavy atom. The summed E-state index contributed by atoms with van der Waals surface area (Å²) in [5.74, 6) is -0.165. The van der Waals surface area contributed by atoms with Crippen LogP contribution in [-0.4, -0.2) is 18.5 Å². The van der Waals surface area contributed by atoms with E-state index < -0.39 is 12.6 Å². The maximum absolute atomic E-state index is 11.2. The number of ether oxygens (including phenoxy) is 1. The van der Waals surface area contributed by atoms with Crippen LogP contribution in [0.2, 0.25) is 0 Å². The molecule has 0 fully saturated rings. The molecule has 1 heterocycles. The predicted molar refractivity (Wildman–Crippen MR) is 56.5 cm³/mol. The number of anilines is 1. The largest absolute Gasteiger partial charge is 0.457 e. The zero-order chi connectivity index (χ0) is 11.7. The molecule has 0 aromatic heterocycles. The minimum Gasteiger partial charge on any atom is -0.457 e. The maximum atomic E-state index is 11.2. The van der Waals surface area contributed by atoms with Gasteiger partial charge in [0, 0.05) is 6.92 Å². The number of hydrogen-bond acceptors (Lipinski definition) is 4. The van der Waals surface area contributed by atoms with Gasteiger partial charge in [0.15, 0.2) is 6.71 Å². The fraction of sp³-hybridized carbons (Fsp3) is 0.200. The Hall–Kier alpha value is -2.04. The Kier molecular flexibility index (Phi) is 1.99. The van der Waals surface area contributed by atoms with Crippen LogP contribution in [0.3, 0.4) is 0 Å². The molecule has 1 aromatic carbocycles. The third kappa shape index (κ3) is 1.76. The number of primary amides is 1. The van der Waals surface area contributed by atoms with E-state index >= 15 is 0 Å². The van der Waals surface area contributed by atoms with Crippen LogP contribution in [0.15, 0.2) is 29.4 Å². The highest BCUT2D eigenvalue weighted by molar-refractivity contribution is 5.98. The molecule has 0 spiro atoms. The van der Waals surface area contributed by atoms with Gasteiger partial charge in [0.1, 0.15) is 0 Å². The summed E-state index contributed by atoms with van der Waals surface area (Å²) in [6.45, 7) is 0.675. The van der Waals surface area contributed by atoms with Gasteiger partial charge in [-0.2, -0.15) is 0 Å². The molecule has 1 atom stereocenters. The van der Waals surface area contributed by atoms with Crippen LogP contribution in [-0.2, 0) is 4.74 Å². The van der Waals surface area contributed by atoms with E-state index in [1.54, 1.807) is 31.2 Å². The van der Waals surface area contributed by atoms with E-state index in [1.165, 1.54) is 5.01 Å². The average Bonchev–Trinajstić information content (AvgIpc) is 2.57. The van der Waals surface area contributed by atoms with Crippen LogP contribution in [0.5, 0.6) is 0 Å². The molecule has 1 unspecified atom stereocenters. The van der Waals surface area contributed by atoms with Gasteiger partial charge in [-0.15, -0.1) is 5.10 Å². The summed E-state index contributed by atoms with van der Waals surface area (Å²) in [5.41, 5.74) is 6.05. The normalized spacial score (nSPS) is 20.6. The molecule has 1 amide bonds. The third-order valence-electron chi connectivity index (χ3n) is 1.99. The molecule has 0 bridgehead atoms. The number of hydrogen-bond donors (Lipinski definition) is 1. The van der Waals surface area contributed by atoms with Crippen LogP contribution in [0.1, 0.15) is 18.7 Å². The Balaban J connectivity index is 2.44. The van der Waals surface area contributed by atoms with Gasteiger partial charge in [-0.25, -0.2) is 5.01 Å². The molecule has 1 aliphatic heterocycles. The summed E-state index contributed by atoms with van der Waals surface area (Å²) in [5, 5.41) is 5.33. The minimum atomic E-state index is -0.972. The topological polar surface area (TPSA) is 67.9 Å². The van der Waals surface area contributed by atoms with Crippen LogP contribution < -0.4 is 10.7 Å². The molecule has 78 valence electrons. The highest BCUT2D eigenvalue weighted by Gasteiger charge is 2.18. The minimum absolute atomic E-state index is 0.321. The number of amides is 1. The number of rotatable bonds is 2. The summed E-state index contributed by atoms with van der Waals surface area (Å²) in [4.78, 5) is 11.2. The highest BCUT2D eigenvalue weighted by Crippen LogP contribution is 2.22. The average molecular weight is 206 g/mol. The van der Waals surface area contributed by atoms with Crippen molar-refractivity contribution in [2.45, 2.75) is 6.92 Å². The number of carbonyl (C=O) groups excluding carboxylic acids is 1. The molecule has 1 aromatic rings. The predicted octanol–water partition coefficient (Wildman–Crippen LogP) is 0.913. The zero-order valence-corrected chi connectivity index (χ0v) is 8.18. The van der Waals surface area contributed by atoms with E-state index in [0.717, 1.165) is 0 Å². The summed E-state index contributed by atoms with van der Waals surface area (Å²) >= 11 is 0. The van der Waals surface area contributed by atoms with Gasteiger partial charge in [-0.3, -0.25) is 4.79 Å². The van der Waals surface area contributed by atoms with Gasteiger partial charge in [0.25, 0.3) is 5.91 Å². The van der Waals surface area contributed by atoms with Crippen LogP contribution >= 0.6 is 0 Å². The van der Waals surface area contributed by atoms with Gasteiger partial charge >= 0.3 is 0 Å². The lowest BCUT2D eigenvalue weighted by Crippen LogP contribution is -2.19. The fourth-order valence-corrected chi connectivity index (χ4v) is 1.32. The Morgan fingerprint density at radius 3 is 3.00 bits per heavy atom. The second kappa shape index (κ2) is 3.61. The molecule has 0 aliphatic carbocycles. The van der Waals surface area contributed by atoms with Crippen molar-refractivity contribution >= 4 is 17.5 Å². The number of hydrazone groups is 1. The van der Waals surface area contributed by atoms with Gasteiger partial charge < -0.3 is 10.5 Å². The molecule has 2 N–H and O–H groups in total. The van der Waals surface area contributed by atoms with Crippen molar-refractivity contribution in [3.8, 4) is 0 Å². The lowest BCUT2D eigenvalue weighted by Gasteiger charge is -2.14. The molecule has 0 saturated heterocycles. The number of carbonyl (C=O) groups is 1. The molecular weight excluding hydrogens is 194 g/mol. The van der Waals surface area contributed by atoms with Crippen molar-refractivity contribution in [3.05, 3.63) is 29.8 Å². The van der Waals surface area contributed by atoms with Crippen molar-refractivity contribution in [2.75, 3.05) is 11.7 Å². The molecular formula is C10H11N3O2. The number of nitrogens with zero attached hydrogens (tertiary/aromatic N) is 2. The van der Waals surface area contributed by atoms with Crippen LogP contribution in [0.25, 0.3) is 0 Å². The number of nitrogens with two attached hydrogens (primary N) is 1. The monoisotopic (exact) mass is 206 g/mol. The second-order valence-corrected chi connectivity index (χ2v) is 3.07. The van der Waals surface area contributed by atoms with E-state index in [0.29, 0.717) is 17.1 Å². The molecule has 5 heteroatoms. The van der Waals surface area contributed by atoms with Crippen molar-refractivity contribution in [2.24, 2.45) is 10.8 Å². The van der Waals surface area contributed by atoms with Crippen LogP contribution in [0.4, 0.5) is 5.69 Å². The standard InChI is InChI=1S/C10H11N3O2/c1-7-12-13(6-15-7)9-5-3-2-4-8(9)10(11)14/h2-5H,6H2,1H3,(H2,11,14)/i6D. The van der Waals surface area contributed by atoms with Crippen LogP contribution in [0, 0.1) is 0 Å². The molecule has 5 nitrogen and oxygen atoms in total. The molecule has 1 aliphatic rings. The first kappa shape index (κ1) is 8.28. The number of benzene rings is 1. The molecule has 15 heavy (non-hydrogen) atoms.